The summed E-state index contributed by atoms with van der Waals surface area (Å²) in [5.74, 6) is -0.0317. The van der Waals surface area contributed by atoms with Gasteiger partial charge in [-0.3, -0.25) is 4.72 Å². The molecule has 0 bridgehead atoms. The highest BCUT2D eigenvalue weighted by Gasteiger charge is 2.32. The van der Waals surface area contributed by atoms with Gasteiger partial charge in [0.1, 0.15) is 12.4 Å². The normalized spacial score (nSPS) is 12.0. The second-order valence-corrected chi connectivity index (χ2v) is 7.71. The van der Waals surface area contributed by atoms with Crippen molar-refractivity contribution in [2.75, 3.05) is 25.0 Å². The van der Waals surface area contributed by atoms with Gasteiger partial charge in [-0.2, -0.15) is 13.2 Å². The molecule has 0 saturated heterocycles. The Morgan fingerprint density at radius 1 is 1.08 bits per heavy atom. The smallest absolute Gasteiger partial charge is 0.416 e. The average Bonchev–Trinajstić information content (AvgIpc) is 2.55. The molecule has 0 unspecified atom stereocenters. The molecule has 2 aromatic carbocycles. The maximum atomic E-state index is 13.0. The van der Waals surface area contributed by atoms with Gasteiger partial charge in [0.25, 0.3) is 10.0 Å². The van der Waals surface area contributed by atoms with Crippen LogP contribution in [0.1, 0.15) is 5.56 Å². The molecule has 0 heterocycles. The minimum absolute atomic E-state index is 0.0317. The summed E-state index contributed by atoms with van der Waals surface area (Å²) in [5.41, 5.74) is -1.30. The standard InChI is InChI=1S/C16H15BrF3NO4S/c1-24-8-9-25-15-7-2-11(16(18,19)20)10-14(15)21-26(22,23)13-5-3-12(17)4-6-13/h2-7,10,21H,8-9H2,1H3. The topological polar surface area (TPSA) is 64.6 Å². The maximum Gasteiger partial charge on any atom is 0.416 e. The van der Waals surface area contributed by atoms with Crippen LogP contribution in [0.2, 0.25) is 0 Å². The van der Waals surface area contributed by atoms with Crippen molar-refractivity contribution in [3.8, 4) is 5.75 Å². The van der Waals surface area contributed by atoms with Crippen molar-refractivity contribution >= 4 is 31.6 Å². The van der Waals surface area contributed by atoms with Gasteiger partial charge in [-0.05, 0) is 42.5 Å². The van der Waals surface area contributed by atoms with Gasteiger partial charge in [0.2, 0.25) is 0 Å². The van der Waals surface area contributed by atoms with Crippen LogP contribution >= 0.6 is 15.9 Å². The lowest BCUT2D eigenvalue weighted by atomic mass is 10.2. The summed E-state index contributed by atoms with van der Waals surface area (Å²) in [6.07, 6.45) is -4.62. The number of rotatable bonds is 7. The largest absolute Gasteiger partial charge is 0.489 e. The SMILES string of the molecule is COCCOc1ccc(C(F)(F)F)cc1NS(=O)(=O)c1ccc(Br)cc1. The second-order valence-electron chi connectivity index (χ2n) is 5.11. The van der Waals surface area contributed by atoms with E-state index in [9.17, 15) is 21.6 Å². The quantitative estimate of drug-likeness (QED) is 0.634. The van der Waals surface area contributed by atoms with E-state index in [0.717, 1.165) is 12.1 Å². The van der Waals surface area contributed by atoms with Gasteiger partial charge >= 0.3 is 6.18 Å². The number of halogens is 4. The van der Waals surface area contributed by atoms with E-state index in [0.29, 0.717) is 10.5 Å². The molecular weight excluding hydrogens is 439 g/mol. The van der Waals surface area contributed by atoms with Crippen molar-refractivity contribution in [3.63, 3.8) is 0 Å². The van der Waals surface area contributed by atoms with E-state index in [2.05, 4.69) is 20.7 Å². The summed E-state index contributed by atoms with van der Waals surface area (Å²) in [6.45, 7) is 0.245. The number of sulfonamides is 1. The molecule has 0 aliphatic heterocycles. The molecule has 0 fully saturated rings. The van der Waals surface area contributed by atoms with Crippen LogP contribution < -0.4 is 9.46 Å². The van der Waals surface area contributed by atoms with Crippen LogP contribution in [0.15, 0.2) is 51.8 Å². The lowest BCUT2D eigenvalue weighted by Gasteiger charge is -2.16. The van der Waals surface area contributed by atoms with Crippen molar-refractivity contribution in [1.82, 2.24) is 0 Å². The minimum Gasteiger partial charge on any atom is -0.489 e. The molecule has 2 aromatic rings. The maximum absolute atomic E-state index is 13.0. The van der Waals surface area contributed by atoms with Gasteiger partial charge in [0.15, 0.2) is 0 Å². The highest BCUT2D eigenvalue weighted by Crippen LogP contribution is 2.36. The van der Waals surface area contributed by atoms with Crippen molar-refractivity contribution < 1.29 is 31.1 Å². The van der Waals surface area contributed by atoms with Crippen LogP contribution in [0.4, 0.5) is 18.9 Å². The first-order valence-corrected chi connectivity index (χ1v) is 9.52. The van der Waals surface area contributed by atoms with Crippen LogP contribution in [0.3, 0.4) is 0 Å². The van der Waals surface area contributed by atoms with Gasteiger partial charge in [-0.1, -0.05) is 15.9 Å². The fourth-order valence-electron chi connectivity index (χ4n) is 1.96. The van der Waals surface area contributed by atoms with E-state index in [1.165, 1.54) is 31.4 Å². The van der Waals surface area contributed by atoms with Crippen molar-refractivity contribution in [2.24, 2.45) is 0 Å². The fourth-order valence-corrected chi connectivity index (χ4v) is 3.29. The first-order valence-electron chi connectivity index (χ1n) is 7.25. The van der Waals surface area contributed by atoms with E-state index in [1.807, 2.05) is 0 Å². The number of hydrogen-bond donors (Lipinski definition) is 1. The molecule has 0 aromatic heterocycles. The van der Waals surface area contributed by atoms with Crippen LogP contribution in [0, 0.1) is 0 Å². The van der Waals surface area contributed by atoms with Gasteiger partial charge in [-0.15, -0.1) is 0 Å². The van der Waals surface area contributed by atoms with Crippen LogP contribution in [0.25, 0.3) is 0 Å². The number of benzene rings is 2. The molecule has 0 amide bonds. The van der Waals surface area contributed by atoms with Gasteiger partial charge < -0.3 is 9.47 Å². The van der Waals surface area contributed by atoms with E-state index >= 15 is 0 Å². The Morgan fingerprint density at radius 2 is 1.73 bits per heavy atom. The molecule has 0 aliphatic carbocycles. The monoisotopic (exact) mass is 453 g/mol. The zero-order valence-corrected chi connectivity index (χ0v) is 15.9. The molecule has 0 aliphatic rings. The Hall–Kier alpha value is -1.78. The zero-order chi connectivity index (χ0) is 19.4. The first-order chi connectivity index (χ1) is 12.1. The van der Waals surface area contributed by atoms with Gasteiger partial charge in [0.05, 0.1) is 22.8 Å². The molecule has 0 radical (unpaired) electrons. The third kappa shape index (κ3) is 5.36. The number of hydrogen-bond acceptors (Lipinski definition) is 4. The van der Waals surface area contributed by atoms with Crippen LogP contribution in [-0.4, -0.2) is 28.7 Å². The zero-order valence-electron chi connectivity index (χ0n) is 13.5. The van der Waals surface area contributed by atoms with E-state index in [1.54, 1.807) is 0 Å². The number of alkyl halides is 3. The van der Waals surface area contributed by atoms with Gasteiger partial charge in [0, 0.05) is 11.6 Å². The number of nitrogens with one attached hydrogen (secondary N) is 1. The molecule has 1 N–H and O–H groups in total. The fraction of sp³-hybridized carbons (Fsp3) is 0.250. The second kappa shape index (κ2) is 8.28. The molecule has 2 rings (SSSR count). The van der Waals surface area contributed by atoms with Crippen molar-refractivity contribution in [1.29, 1.82) is 0 Å². The molecule has 142 valence electrons. The summed E-state index contributed by atoms with van der Waals surface area (Å²) in [7, 11) is -2.66. The number of methoxy groups -OCH3 is 1. The van der Waals surface area contributed by atoms with Crippen molar-refractivity contribution in [3.05, 3.63) is 52.5 Å². The van der Waals surface area contributed by atoms with E-state index in [-0.39, 0.29) is 29.5 Å². The predicted molar refractivity (Wildman–Crippen MR) is 93.8 cm³/mol. The summed E-state index contributed by atoms with van der Waals surface area (Å²) in [4.78, 5) is -0.0963. The highest BCUT2D eigenvalue weighted by atomic mass is 79.9. The molecule has 0 saturated carbocycles. The number of ether oxygens (including phenoxy) is 2. The molecule has 10 heteroatoms. The van der Waals surface area contributed by atoms with E-state index in [4.69, 9.17) is 9.47 Å². The van der Waals surface area contributed by atoms with Gasteiger partial charge in [-0.25, -0.2) is 8.42 Å². The predicted octanol–water partition coefficient (Wildman–Crippen LogP) is 4.29. The summed E-state index contributed by atoms with van der Waals surface area (Å²) in [6, 6.07) is 8.25. The van der Waals surface area contributed by atoms with E-state index < -0.39 is 21.8 Å². The summed E-state index contributed by atoms with van der Waals surface area (Å²) >= 11 is 3.19. The molecule has 5 nitrogen and oxygen atoms in total. The Balaban J connectivity index is 2.38. The molecule has 26 heavy (non-hydrogen) atoms. The lowest BCUT2D eigenvalue weighted by molar-refractivity contribution is -0.137. The molecule has 0 spiro atoms. The Labute approximate surface area is 157 Å². The Bertz CT molecular complexity index is 855. The number of anilines is 1. The molecular formula is C16H15BrF3NO4S. The summed E-state index contributed by atoms with van der Waals surface area (Å²) in [5, 5.41) is 0. The summed E-state index contributed by atoms with van der Waals surface area (Å²) < 4.78 is 76.8. The average molecular weight is 454 g/mol. The Morgan fingerprint density at radius 3 is 2.31 bits per heavy atom. The Kier molecular flexibility index (Phi) is 6.53. The van der Waals surface area contributed by atoms with Crippen LogP contribution in [0.5, 0.6) is 5.75 Å². The van der Waals surface area contributed by atoms with Crippen LogP contribution in [-0.2, 0) is 20.9 Å². The minimum atomic E-state index is -4.62. The van der Waals surface area contributed by atoms with Crippen molar-refractivity contribution in [2.45, 2.75) is 11.1 Å². The first kappa shape index (κ1) is 20.5. The third-order valence-electron chi connectivity index (χ3n) is 3.22. The lowest BCUT2D eigenvalue weighted by Crippen LogP contribution is -2.16. The third-order valence-corrected chi connectivity index (χ3v) is 5.13. The highest BCUT2D eigenvalue weighted by molar-refractivity contribution is 9.10. The molecule has 0 atom stereocenters.